The van der Waals surface area contributed by atoms with Crippen LogP contribution in [-0.2, 0) is 30.5 Å². The number of hydrogen-bond acceptors (Lipinski definition) is 5. The number of carbonyl (C=O) groups excluding carboxylic acids is 1. The minimum atomic E-state index is -4.54. The molecule has 0 aliphatic rings. The van der Waals surface area contributed by atoms with Gasteiger partial charge in [-0.1, -0.05) is 50.6 Å². The van der Waals surface area contributed by atoms with Crippen molar-refractivity contribution in [3.8, 4) is 6.07 Å². The van der Waals surface area contributed by atoms with Gasteiger partial charge in [0, 0.05) is 63.0 Å². The molecule has 0 unspecified atom stereocenters. The summed E-state index contributed by atoms with van der Waals surface area (Å²) in [6.07, 6.45) is -0.462. The van der Waals surface area contributed by atoms with Crippen molar-refractivity contribution in [3.05, 3.63) is 113 Å². The van der Waals surface area contributed by atoms with Crippen LogP contribution in [0.25, 0.3) is 0 Å². The third kappa shape index (κ3) is 9.81. The average Bonchev–Trinajstić information content (AvgIpc) is 3.49. The Labute approximate surface area is 285 Å². The van der Waals surface area contributed by atoms with E-state index in [1.165, 1.54) is 12.1 Å². The Balaban J connectivity index is 1.55. The van der Waals surface area contributed by atoms with E-state index >= 15 is 0 Å². The van der Waals surface area contributed by atoms with E-state index in [4.69, 9.17) is 17.5 Å². The molecule has 0 saturated carbocycles. The van der Waals surface area contributed by atoms with Crippen molar-refractivity contribution in [1.29, 1.82) is 5.26 Å². The fourth-order valence-electron chi connectivity index (χ4n) is 5.24. The summed E-state index contributed by atoms with van der Waals surface area (Å²) < 4.78 is 43.9. The Morgan fingerprint density at radius 1 is 1.06 bits per heavy atom. The van der Waals surface area contributed by atoms with E-state index in [1.807, 2.05) is 73.8 Å². The van der Waals surface area contributed by atoms with Gasteiger partial charge in [0.25, 0.3) is 0 Å². The van der Waals surface area contributed by atoms with Crippen molar-refractivity contribution in [3.63, 3.8) is 0 Å². The first-order valence-electron chi connectivity index (χ1n) is 15.6. The van der Waals surface area contributed by atoms with Crippen LogP contribution < -0.4 is 15.5 Å². The van der Waals surface area contributed by atoms with E-state index in [2.05, 4.69) is 21.7 Å². The van der Waals surface area contributed by atoms with Gasteiger partial charge in [-0.3, -0.25) is 4.79 Å². The number of carbonyl (C=O) groups is 1. The van der Waals surface area contributed by atoms with Gasteiger partial charge in [0.15, 0.2) is 5.11 Å². The van der Waals surface area contributed by atoms with Crippen LogP contribution in [0.5, 0.6) is 0 Å². The summed E-state index contributed by atoms with van der Waals surface area (Å²) in [4.78, 5) is 21.4. The molecule has 0 aliphatic carbocycles. The molecule has 1 amide bonds. The molecule has 4 rings (SSSR count). The van der Waals surface area contributed by atoms with Crippen molar-refractivity contribution in [2.45, 2.75) is 52.0 Å². The molecule has 0 saturated heterocycles. The standard InChI is InChI=1S/C36H40F3N7OS/c1-5-25(2)33(43-34(47)18-31-20-41-24-46(31)21-27-12-10-26(19-40)11-13-27)23-45(22-28-8-6-7-9-32(28)36(37,38)39)35(48)42-29-14-16-30(17-15-29)44(3)4/h6-17,20,24-25,33H,5,18,21-23H2,1-4H3,(H,42,48)(H,43,47)/t25-,33+/m0/s1. The van der Waals surface area contributed by atoms with Crippen molar-refractivity contribution in [2.75, 3.05) is 30.9 Å². The molecule has 0 spiro atoms. The molecule has 0 bridgehead atoms. The number of aromatic nitrogens is 2. The van der Waals surface area contributed by atoms with Gasteiger partial charge in [0.1, 0.15) is 0 Å². The molecule has 0 aliphatic heterocycles. The van der Waals surface area contributed by atoms with Crippen LogP contribution in [0.2, 0.25) is 0 Å². The average molecular weight is 676 g/mol. The van der Waals surface area contributed by atoms with Crippen LogP contribution in [0.4, 0.5) is 24.5 Å². The van der Waals surface area contributed by atoms with Gasteiger partial charge >= 0.3 is 6.18 Å². The fourth-order valence-corrected chi connectivity index (χ4v) is 5.49. The summed E-state index contributed by atoms with van der Waals surface area (Å²) in [6, 6.07) is 21.9. The molecule has 12 heteroatoms. The quantitative estimate of drug-likeness (QED) is 0.150. The summed E-state index contributed by atoms with van der Waals surface area (Å²) in [6.45, 7) is 4.54. The van der Waals surface area contributed by atoms with Crippen LogP contribution >= 0.6 is 12.2 Å². The van der Waals surface area contributed by atoms with Crippen molar-refractivity contribution < 1.29 is 18.0 Å². The number of hydrogen-bond donors (Lipinski definition) is 2. The van der Waals surface area contributed by atoms with Gasteiger partial charge in [0.2, 0.25) is 5.91 Å². The fraction of sp³-hybridized carbons (Fsp3) is 0.333. The number of anilines is 2. The van der Waals surface area contributed by atoms with Crippen molar-refractivity contribution in [2.24, 2.45) is 5.92 Å². The molecule has 252 valence electrons. The van der Waals surface area contributed by atoms with Gasteiger partial charge in [-0.25, -0.2) is 4.98 Å². The molecule has 1 aromatic heterocycles. The second kappa shape index (κ2) is 16.3. The molecule has 3 aromatic carbocycles. The zero-order valence-electron chi connectivity index (χ0n) is 27.5. The maximum Gasteiger partial charge on any atom is 0.416 e. The monoisotopic (exact) mass is 675 g/mol. The molecular formula is C36H40F3N7OS. The lowest BCUT2D eigenvalue weighted by Gasteiger charge is -2.34. The number of rotatable bonds is 13. The molecule has 48 heavy (non-hydrogen) atoms. The minimum Gasteiger partial charge on any atom is -0.378 e. The van der Waals surface area contributed by atoms with Crippen molar-refractivity contribution in [1.82, 2.24) is 19.8 Å². The Bertz CT molecular complexity index is 1710. The Kier molecular flexibility index (Phi) is 12.2. The number of halogens is 3. The Morgan fingerprint density at radius 2 is 1.75 bits per heavy atom. The summed E-state index contributed by atoms with van der Waals surface area (Å²) in [5.74, 6) is -0.254. The first kappa shape index (κ1) is 36.0. The number of benzene rings is 3. The molecule has 2 N–H and O–H groups in total. The highest BCUT2D eigenvalue weighted by Crippen LogP contribution is 2.32. The number of nitrogens with zero attached hydrogens (tertiary/aromatic N) is 5. The van der Waals surface area contributed by atoms with Gasteiger partial charge < -0.3 is 25.0 Å². The number of thiocarbonyl (C=S) groups is 1. The van der Waals surface area contributed by atoms with Crippen LogP contribution in [0.1, 0.15) is 48.2 Å². The lowest BCUT2D eigenvalue weighted by Crippen LogP contribution is -2.50. The maximum atomic E-state index is 14.0. The summed E-state index contributed by atoms with van der Waals surface area (Å²) in [5, 5.41) is 15.7. The van der Waals surface area contributed by atoms with Gasteiger partial charge in [-0.2, -0.15) is 18.4 Å². The largest absolute Gasteiger partial charge is 0.416 e. The van der Waals surface area contributed by atoms with Gasteiger partial charge in [0.05, 0.1) is 29.9 Å². The molecule has 2 atom stereocenters. The summed E-state index contributed by atoms with van der Waals surface area (Å²) >= 11 is 5.80. The number of nitriles is 1. The number of imidazole rings is 1. The number of nitrogens with one attached hydrogen (secondary N) is 2. The third-order valence-electron chi connectivity index (χ3n) is 8.28. The van der Waals surface area contributed by atoms with Crippen LogP contribution in [-0.4, -0.2) is 52.2 Å². The third-order valence-corrected chi connectivity index (χ3v) is 8.64. The van der Waals surface area contributed by atoms with E-state index in [9.17, 15) is 18.0 Å². The lowest BCUT2D eigenvalue weighted by atomic mass is 9.97. The lowest BCUT2D eigenvalue weighted by molar-refractivity contribution is -0.138. The number of alkyl halides is 3. The predicted octanol–water partition coefficient (Wildman–Crippen LogP) is 6.86. The van der Waals surface area contributed by atoms with E-state index in [0.29, 0.717) is 23.5 Å². The van der Waals surface area contributed by atoms with E-state index in [-0.39, 0.29) is 42.0 Å². The molecule has 0 radical (unpaired) electrons. The van der Waals surface area contributed by atoms with Gasteiger partial charge in [-0.05, 0) is 71.7 Å². The first-order valence-corrected chi connectivity index (χ1v) is 16.0. The normalized spacial score (nSPS) is 12.5. The van der Waals surface area contributed by atoms with E-state index < -0.39 is 17.8 Å². The highest BCUT2D eigenvalue weighted by atomic mass is 32.1. The summed E-state index contributed by atoms with van der Waals surface area (Å²) in [7, 11) is 3.86. The molecule has 0 fully saturated rings. The second-order valence-electron chi connectivity index (χ2n) is 12.0. The predicted molar refractivity (Wildman–Crippen MR) is 186 cm³/mol. The minimum absolute atomic E-state index is 0.0138. The van der Waals surface area contributed by atoms with Crippen LogP contribution in [0.3, 0.4) is 0 Å². The molecule has 1 heterocycles. The first-order chi connectivity index (χ1) is 22.9. The van der Waals surface area contributed by atoms with E-state index in [0.717, 1.165) is 23.7 Å². The highest BCUT2D eigenvalue weighted by Gasteiger charge is 2.34. The van der Waals surface area contributed by atoms with Crippen molar-refractivity contribution >= 4 is 34.6 Å². The molecule has 8 nitrogen and oxygen atoms in total. The highest BCUT2D eigenvalue weighted by molar-refractivity contribution is 7.80. The smallest absolute Gasteiger partial charge is 0.378 e. The zero-order valence-corrected chi connectivity index (χ0v) is 28.3. The maximum absolute atomic E-state index is 14.0. The van der Waals surface area contributed by atoms with E-state index in [1.54, 1.807) is 35.6 Å². The second-order valence-corrected chi connectivity index (χ2v) is 12.4. The van der Waals surface area contributed by atoms with Gasteiger partial charge in [-0.15, -0.1) is 0 Å². The molecular weight excluding hydrogens is 636 g/mol. The number of amides is 1. The summed E-state index contributed by atoms with van der Waals surface area (Å²) in [5.41, 5.74) is 3.26. The SMILES string of the molecule is CC[C@H](C)[C@@H](CN(Cc1ccccc1C(F)(F)F)C(=S)Nc1ccc(N(C)C)cc1)NC(=O)Cc1cncn1Cc1ccc(C#N)cc1. The van der Waals surface area contributed by atoms with Crippen LogP contribution in [0.15, 0.2) is 85.3 Å². The molecule has 4 aromatic rings. The Hall–Kier alpha value is -4.89. The topological polar surface area (TPSA) is 89.2 Å². The van der Waals surface area contributed by atoms with Crippen LogP contribution in [0, 0.1) is 17.2 Å². The zero-order chi connectivity index (χ0) is 34.8. The Morgan fingerprint density at radius 3 is 2.38 bits per heavy atom.